The molecule has 3 rings (SSSR count). The Balaban J connectivity index is 2.06. The summed E-state index contributed by atoms with van der Waals surface area (Å²) in [5.74, 6) is 12.9. The van der Waals surface area contributed by atoms with Crippen LogP contribution in [0.25, 0.3) is 0 Å². The van der Waals surface area contributed by atoms with Crippen LogP contribution in [0.5, 0.6) is 0 Å². The molecule has 0 aliphatic carbocycles. The fourth-order valence-electron chi connectivity index (χ4n) is 2.49. The average molecular weight is 414 g/mol. The van der Waals surface area contributed by atoms with Crippen molar-refractivity contribution in [1.82, 2.24) is 4.98 Å². The van der Waals surface area contributed by atoms with Gasteiger partial charge in [0.25, 0.3) is 0 Å². The smallest absolute Gasteiger partial charge is 0.113 e. The van der Waals surface area contributed by atoms with Crippen LogP contribution in [-0.2, 0) is 5.41 Å². The average Bonchev–Trinajstić information content (AvgIpc) is 2.66. The van der Waals surface area contributed by atoms with Gasteiger partial charge in [-0.2, -0.15) is 0 Å². The van der Waals surface area contributed by atoms with E-state index in [4.69, 9.17) is 0 Å². The molecule has 0 bridgehead atoms. The molecule has 1 aromatic heterocycles. The quantitative estimate of drug-likeness (QED) is 0.415. The number of aromatic nitrogens is 1. The van der Waals surface area contributed by atoms with E-state index >= 15 is 0 Å². The van der Waals surface area contributed by atoms with E-state index in [0.29, 0.717) is 0 Å². The van der Waals surface area contributed by atoms with E-state index in [1.807, 2.05) is 42.5 Å². The van der Waals surface area contributed by atoms with Gasteiger partial charge >= 0.3 is 0 Å². The van der Waals surface area contributed by atoms with Gasteiger partial charge in [-0.25, -0.2) is 4.98 Å². The number of benzene rings is 2. The van der Waals surface area contributed by atoms with Crippen LogP contribution >= 0.6 is 15.9 Å². The molecule has 0 atom stereocenters. The van der Waals surface area contributed by atoms with Gasteiger partial charge in [-0.05, 0) is 69.2 Å². The summed E-state index contributed by atoms with van der Waals surface area (Å²) in [6, 6.07) is 20.0. The van der Waals surface area contributed by atoms with Gasteiger partial charge in [0.1, 0.15) is 5.69 Å². The maximum atomic E-state index is 4.28. The molecule has 0 aliphatic heterocycles. The van der Waals surface area contributed by atoms with E-state index in [9.17, 15) is 0 Å². The number of pyridine rings is 1. The number of halogens is 1. The monoisotopic (exact) mass is 413 g/mol. The highest BCUT2D eigenvalue weighted by Crippen LogP contribution is 2.24. The Morgan fingerprint density at radius 1 is 0.741 bits per heavy atom. The number of hydrogen-bond donors (Lipinski definition) is 0. The highest BCUT2D eigenvalue weighted by atomic mass is 79.9. The van der Waals surface area contributed by atoms with Crippen LogP contribution in [0.4, 0.5) is 0 Å². The molecule has 0 N–H and O–H groups in total. The molecular weight excluding hydrogens is 394 g/mol. The summed E-state index contributed by atoms with van der Waals surface area (Å²) in [6.45, 7) is 6.60. The molecule has 0 saturated carbocycles. The second kappa shape index (κ2) is 8.26. The maximum Gasteiger partial charge on any atom is 0.113 e. The van der Waals surface area contributed by atoms with E-state index in [2.05, 4.69) is 83.6 Å². The van der Waals surface area contributed by atoms with Gasteiger partial charge < -0.3 is 0 Å². The van der Waals surface area contributed by atoms with Crippen LogP contribution in [-0.4, -0.2) is 4.98 Å². The van der Waals surface area contributed by atoms with Gasteiger partial charge in [0, 0.05) is 27.4 Å². The Morgan fingerprint density at radius 3 is 2.15 bits per heavy atom. The fourth-order valence-corrected chi connectivity index (χ4v) is 2.87. The normalized spacial score (nSPS) is 10.4. The third kappa shape index (κ3) is 5.10. The Hall–Kier alpha value is -2.81. The van der Waals surface area contributed by atoms with Gasteiger partial charge in [-0.3, -0.25) is 0 Å². The first-order chi connectivity index (χ1) is 12.9. The molecule has 0 saturated heterocycles. The van der Waals surface area contributed by atoms with Crippen molar-refractivity contribution >= 4 is 15.9 Å². The standard InChI is InChI=1S/C25H20BrN/c1-25(2,3)22-15-13-19(11-12-20-8-4-5-10-24(20)26)21(18-22)14-16-23-9-6-7-17-27-23/h4-10,13,15,17-18H,1-3H3. The summed E-state index contributed by atoms with van der Waals surface area (Å²) >= 11 is 3.55. The van der Waals surface area contributed by atoms with Crippen LogP contribution in [0.15, 0.2) is 71.3 Å². The summed E-state index contributed by atoms with van der Waals surface area (Å²) in [5.41, 5.74) is 4.84. The van der Waals surface area contributed by atoms with E-state index in [1.165, 1.54) is 5.56 Å². The Labute approximate surface area is 170 Å². The zero-order valence-corrected chi connectivity index (χ0v) is 17.3. The van der Waals surface area contributed by atoms with Crippen molar-refractivity contribution in [3.8, 4) is 23.7 Å². The van der Waals surface area contributed by atoms with E-state index < -0.39 is 0 Å². The topological polar surface area (TPSA) is 12.9 Å². The van der Waals surface area contributed by atoms with E-state index in [0.717, 1.165) is 26.9 Å². The van der Waals surface area contributed by atoms with E-state index in [-0.39, 0.29) is 5.41 Å². The van der Waals surface area contributed by atoms with Gasteiger partial charge in [0.05, 0.1) is 0 Å². The first-order valence-electron chi connectivity index (χ1n) is 8.77. The Morgan fingerprint density at radius 2 is 1.44 bits per heavy atom. The van der Waals surface area contributed by atoms with E-state index in [1.54, 1.807) is 6.20 Å². The Bertz CT molecular complexity index is 1070. The molecule has 0 spiro atoms. The minimum Gasteiger partial charge on any atom is -0.248 e. The van der Waals surface area contributed by atoms with Crippen molar-refractivity contribution in [2.45, 2.75) is 26.2 Å². The summed E-state index contributed by atoms with van der Waals surface area (Å²) in [5, 5.41) is 0. The minimum atomic E-state index is 0.0514. The summed E-state index contributed by atoms with van der Waals surface area (Å²) in [6.07, 6.45) is 1.75. The molecule has 0 aliphatic rings. The highest BCUT2D eigenvalue weighted by Gasteiger charge is 2.14. The van der Waals surface area contributed by atoms with Crippen LogP contribution in [0.1, 0.15) is 48.7 Å². The lowest BCUT2D eigenvalue weighted by atomic mass is 9.85. The molecule has 0 amide bonds. The lowest BCUT2D eigenvalue weighted by Crippen LogP contribution is -2.11. The second-order valence-electron chi connectivity index (χ2n) is 7.21. The van der Waals surface area contributed by atoms with Crippen LogP contribution in [0.2, 0.25) is 0 Å². The van der Waals surface area contributed by atoms with Crippen molar-refractivity contribution in [3.63, 3.8) is 0 Å². The lowest BCUT2D eigenvalue weighted by molar-refractivity contribution is 0.590. The third-order valence-electron chi connectivity index (χ3n) is 4.08. The Kier molecular flexibility index (Phi) is 5.80. The van der Waals surface area contributed by atoms with Crippen molar-refractivity contribution in [2.75, 3.05) is 0 Å². The van der Waals surface area contributed by atoms with Crippen molar-refractivity contribution in [3.05, 3.63) is 99.3 Å². The van der Waals surface area contributed by atoms with Crippen LogP contribution in [0.3, 0.4) is 0 Å². The van der Waals surface area contributed by atoms with Crippen molar-refractivity contribution in [1.29, 1.82) is 0 Å². The molecule has 3 aromatic rings. The number of hydrogen-bond acceptors (Lipinski definition) is 1. The van der Waals surface area contributed by atoms with Gasteiger partial charge in [0.2, 0.25) is 0 Å². The van der Waals surface area contributed by atoms with Crippen LogP contribution < -0.4 is 0 Å². The molecule has 0 fully saturated rings. The molecule has 1 nitrogen and oxygen atoms in total. The first-order valence-corrected chi connectivity index (χ1v) is 9.57. The summed E-state index contributed by atoms with van der Waals surface area (Å²) in [4.78, 5) is 4.28. The van der Waals surface area contributed by atoms with Crippen LogP contribution in [0, 0.1) is 23.7 Å². The molecule has 2 aromatic carbocycles. The number of rotatable bonds is 0. The first kappa shape index (κ1) is 19.0. The zero-order chi connectivity index (χ0) is 19.3. The van der Waals surface area contributed by atoms with Crippen molar-refractivity contribution < 1.29 is 0 Å². The van der Waals surface area contributed by atoms with Gasteiger partial charge in [0.15, 0.2) is 0 Å². The molecule has 1 heterocycles. The SMILES string of the molecule is CC(C)(C)c1ccc(C#Cc2ccccc2Br)c(C#Cc2ccccn2)c1. The number of nitrogens with zero attached hydrogens (tertiary/aromatic N) is 1. The third-order valence-corrected chi connectivity index (χ3v) is 4.77. The zero-order valence-electron chi connectivity index (χ0n) is 15.7. The molecule has 132 valence electrons. The maximum absolute atomic E-state index is 4.28. The predicted octanol–water partition coefficient (Wildman–Crippen LogP) is 5.94. The molecule has 0 unspecified atom stereocenters. The summed E-state index contributed by atoms with van der Waals surface area (Å²) < 4.78 is 0.991. The van der Waals surface area contributed by atoms with Gasteiger partial charge in [-0.1, -0.05) is 62.8 Å². The summed E-state index contributed by atoms with van der Waals surface area (Å²) in [7, 11) is 0. The molecule has 0 radical (unpaired) electrons. The largest absolute Gasteiger partial charge is 0.248 e. The fraction of sp³-hybridized carbons (Fsp3) is 0.160. The minimum absolute atomic E-state index is 0.0514. The lowest BCUT2D eigenvalue weighted by Gasteiger charge is -2.19. The van der Waals surface area contributed by atoms with Crippen molar-refractivity contribution in [2.24, 2.45) is 0 Å². The molecular formula is C25H20BrN. The molecule has 2 heteroatoms. The predicted molar refractivity (Wildman–Crippen MR) is 115 cm³/mol. The molecule has 27 heavy (non-hydrogen) atoms. The second-order valence-corrected chi connectivity index (χ2v) is 8.06. The highest BCUT2D eigenvalue weighted by molar-refractivity contribution is 9.10. The van der Waals surface area contributed by atoms with Gasteiger partial charge in [-0.15, -0.1) is 0 Å².